The zero-order valence-corrected chi connectivity index (χ0v) is 6.98. The van der Waals surface area contributed by atoms with Crippen LogP contribution in [0.4, 0.5) is 14.5 Å². The van der Waals surface area contributed by atoms with E-state index in [-0.39, 0.29) is 0 Å². The molecular formula is C6H5F2NO3S. The van der Waals surface area contributed by atoms with Crippen molar-refractivity contribution in [3.05, 3.63) is 29.8 Å². The van der Waals surface area contributed by atoms with E-state index < -0.39 is 27.6 Å². The maximum absolute atomic E-state index is 12.7. The summed E-state index contributed by atoms with van der Waals surface area (Å²) in [5.74, 6) is -2.56. The molecule has 1 rings (SSSR count). The van der Waals surface area contributed by atoms with Gasteiger partial charge in [0.1, 0.15) is 0 Å². The molecule has 0 aromatic heterocycles. The molecular weight excluding hydrogens is 204 g/mol. The molecule has 0 bridgehead atoms. The van der Waals surface area contributed by atoms with Gasteiger partial charge in [-0.1, -0.05) is 6.07 Å². The van der Waals surface area contributed by atoms with Crippen molar-refractivity contribution in [2.75, 3.05) is 4.72 Å². The molecule has 0 spiro atoms. The van der Waals surface area contributed by atoms with Crippen molar-refractivity contribution >= 4 is 16.0 Å². The lowest BCUT2D eigenvalue weighted by Crippen LogP contribution is -2.12. The van der Waals surface area contributed by atoms with Gasteiger partial charge in [-0.15, -0.1) is 0 Å². The summed E-state index contributed by atoms with van der Waals surface area (Å²) in [5.41, 5.74) is -0.637. The van der Waals surface area contributed by atoms with Crippen LogP contribution in [0.15, 0.2) is 18.2 Å². The van der Waals surface area contributed by atoms with E-state index in [2.05, 4.69) is 0 Å². The van der Waals surface area contributed by atoms with Gasteiger partial charge in [-0.05, 0) is 12.1 Å². The number of nitrogens with one attached hydrogen (secondary N) is 1. The zero-order chi connectivity index (χ0) is 10.1. The zero-order valence-electron chi connectivity index (χ0n) is 6.16. The Morgan fingerprint density at radius 1 is 1.31 bits per heavy atom. The van der Waals surface area contributed by atoms with Crippen LogP contribution in [0.25, 0.3) is 0 Å². The highest BCUT2D eigenvalue weighted by molar-refractivity contribution is 7.87. The first-order valence-electron chi connectivity index (χ1n) is 3.09. The fourth-order valence-electron chi connectivity index (χ4n) is 0.722. The normalized spacial score (nSPS) is 11.3. The Labute approximate surface area is 73.1 Å². The molecule has 0 fully saturated rings. The standard InChI is InChI=1S/C6H5F2NO3S/c7-4-2-1-3-5(6(4)8)9-13(10,11)12/h1-3,9H,(H,10,11,12). The van der Waals surface area contributed by atoms with Crippen molar-refractivity contribution in [3.63, 3.8) is 0 Å². The van der Waals surface area contributed by atoms with Gasteiger partial charge in [-0.3, -0.25) is 9.27 Å². The lowest BCUT2D eigenvalue weighted by Gasteiger charge is -2.03. The molecule has 1 aromatic rings. The molecule has 0 aliphatic heterocycles. The molecule has 0 aliphatic rings. The average Bonchev–Trinajstić information content (AvgIpc) is 1.96. The molecule has 0 aliphatic carbocycles. The summed E-state index contributed by atoms with van der Waals surface area (Å²) in [7, 11) is -4.57. The third-order valence-corrected chi connectivity index (χ3v) is 1.67. The third-order valence-electron chi connectivity index (χ3n) is 1.19. The fraction of sp³-hybridized carbons (Fsp3) is 0. The minimum absolute atomic E-state index is 0.637. The maximum atomic E-state index is 12.7. The number of hydrogen-bond donors (Lipinski definition) is 2. The lowest BCUT2D eigenvalue weighted by molar-refractivity contribution is 0.487. The van der Waals surface area contributed by atoms with Gasteiger partial charge in [0.2, 0.25) is 0 Å². The van der Waals surface area contributed by atoms with Crippen LogP contribution in [0.3, 0.4) is 0 Å². The number of hydrogen-bond acceptors (Lipinski definition) is 2. The predicted molar refractivity (Wildman–Crippen MR) is 41.5 cm³/mol. The molecule has 1 aromatic carbocycles. The maximum Gasteiger partial charge on any atom is 0.357 e. The summed E-state index contributed by atoms with van der Waals surface area (Å²) < 4.78 is 55.3. The van der Waals surface area contributed by atoms with E-state index in [0.29, 0.717) is 0 Å². The highest BCUT2D eigenvalue weighted by atomic mass is 32.2. The molecule has 0 radical (unpaired) electrons. The van der Waals surface area contributed by atoms with Crippen LogP contribution < -0.4 is 4.72 Å². The van der Waals surface area contributed by atoms with E-state index in [1.807, 2.05) is 0 Å². The van der Waals surface area contributed by atoms with Gasteiger partial charge in [0.25, 0.3) is 0 Å². The average molecular weight is 209 g/mol. The molecule has 2 N–H and O–H groups in total. The summed E-state index contributed by atoms with van der Waals surface area (Å²) in [4.78, 5) is 0. The molecule has 0 saturated carbocycles. The van der Waals surface area contributed by atoms with Crippen molar-refractivity contribution < 1.29 is 21.8 Å². The molecule has 0 unspecified atom stereocenters. The van der Waals surface area contributed by atoms with E-state index in [1.165, 1.54) is 4.72 Å². The smallest absolute Gasteiger partial charge is 0.269 e. The summed E-state index contributed by atoms with van der Waals surface area (Å²) in [5, 5.41) is 0. The third kappa shape index (κ3) is 2.63. The monoisotopic (exact) mass is 209 g/mol. The Morgan fingerprint density at radius 2 is 1.92 bits per heavy atom. The van der Waals surface area contributed by atoms with E-state index >= 15 is 0 Å². The summed E-state index contributed by atoms with van der Waals surface area (Å²) in [6.45, 7) is 0. The van der Waals surface area contributed by atoms with Crippen LogP contribution in [0, 0.1) is 11.6 Å². The molecule has 0 atom stereocenters. The van der Waals surface area contributed by atoms with Gasteiger partial charge in [0, 0.05) is 0 Å². The second-order valence-electron chi connectivity index (χ2n) is 2.18. The first-order chi connectivity index (χ1) is 5.90. The minimum Gasteiger partial charge on any atom is -0.269 e. The SMILES string of the molecule is O=S(=O)(O)Nc1cccc(F)c1F. The first kappa shape index (κ1) is 9.87. The Kier molecular flexibility index (Phi) is 2.48. The molecule has 72 valence electrons. The van der Waals surface area contributed by atoms with Gasteiger partial charge in [-0.25, -0.2) is 8.78 Å². The van der Waals surface area contributed by atoms with Crippen LogP contribution in [0.5, 0.6) is 0 Å². The molecule has 0 amide bonds. The number of rotatable bonds is 2. The van der Waals surface area contributed by atoms with E-state index in [0.717, 1.165) is 18.2 Å². The largest absolute Gasteiger partial charge is 0.357 e. The Balaban J connectivity index is 3.10. The predicted octanol–water partition coefficient (Wildman–Crippen LogP) is 1.18. The summed E-state index contributed by atoms with van der Waals surface area (Å²) >= 11 is 0. The fourth-order valence-corrected chi connectivity index (χ4v) is 1.16. The topological polar surface area (TPSA) is 66.4 Å². The molecule has 0 heterocycles. The highest BCUT2D eigenvalue weighted by Crippen LogP contribution is 2.16. The van der Waals surface area contributed by atoms with Crippen LogP contribution in [0.2, 0.25) is 0 Å². The van der Waals surface area contributed by atoms with Crippen molar-refractivity contribution in [2.24, 2.45) is 0 Å². The van der Waals surface area contributed by atoms with Crippen molar-refractivity contribution in [2.45, 2.75) is 0 Å². The molecule has 0 saturated heterocycles. The first-order valence-corrected chi connectivity index (χ1v) is 4.53. The van der Waals surface area contributed by atoms with Crippen molar-refractivity contribution in [1.29, 1.82) is 0 Å². The molecule has 4 nitrogen and oxygen atoms in total. The number of anilines is 1. The molecule has 7 heteroatoms. The second-order valence-corrected chi connectivity index (χ2v) is 3.33. The summed E-state index contributed by atoms with van der Waals surface area (Å²) in [6, 6.07) is 2.91. The van der Waals surface area contributed by atoms with Crippen LogP contribution >= 0.6 is 0 Å². The van der Waals surface area contributed by atoms with Gasteiger partial charge >= 0.3 is 10.3 Å². The number of halogens is 2. The van der Waals surface area contributed by atoms with Gasteiger partial charge in [-0.2, -0.15) is 8.42 Å². The van der Waals surface area contributed by atoms with Crippen molar-refractivity contribution in [1.82, 2.24) is 0 Å². The van der Waals surface area contributed by atoms with Crippen LogP contribution in [-0.4, -0.2) is 13.0 Å². The summed E-state index contributed by atoms with van der Waals surface area (Å²) in [6.07, 6.45) is 0. The Hall–Kier alpha value is -1.21. The van der Waals surface area contributed by atoms with Gasteiger partial charge in [0.05, 0.1) is 5.69 Å². The van der Waals surface area contributed by atoms with Gasteiger partial charge < -0.3 is 0 Å². The van der Waals surface area contributed by atoms with E-state index in [1.54, 1.807) is 0 Å². The van der Waals surface area contributed by atoms with Crippen LogP contribution in [0.1, 0.15) is 0 Å². The number of benzene rings is 1. The van der Waals surface area contributed by atoms with Gasteiger partial charge in [0.15, 0.2) is 11.6 Å². The van der Waals surface area contributed by atoms with E-state index in [9.17, 15) is 17.2 Å². The quantitative estimate of drug-likeness (QED) is 0.718. The lowest BCUT2D eigenvalue weighted by atomic mass is 10.3. The Bertz CT molecular complexity index is 418. The van der Waals surface area contributed by atoms with Crippen LogP contribution in [-0.2, 0) is 10.3 Å². The highest BCUT2D eigenvalue weighted by Gasteiger charge is 2.11. The molecule has 13 heavy (non-hydrogen) atoms. The second kappa shape index (κ2) is 3.27. The minimum atomic E-state index is -4.57. The Morgan fingerprint density at radius 3 is 2.46 bits per heavy atom. The van der Waals surface area contributed by atoms with Crippen molar-refractivity contribution in [3.8, 4) is 0 Å². The van der Waals surface area contributed by atoms with E-state index in [4.69, 9.17) is 4.55 Å².